The van der Waals surface area contributed by atoms with E-state index >= 15 is 0 Å². The minimum absolute atomic E-state index is 0.0940. The van der Waals surface area contributed by atoms with Crippen molar-refractivity contribution < 1.29 is 37.3 Å². The summed E-state index contributed by atoms with van der Waals surface area (Å²) in [6.07, 6.45) is 44.2. The quantitative estimate of drug-likeness (QED) is 0.0283. The topological polar surface area (TPSA) is 91.3 Å². The predicted octanol–water partition coefficient (Wildman–Crippen LogP) is 14.4. The van der Waals surface area contributed by atoms with Crippen LogP contribution in [0.4, 0.5) is 0 Å². The summed E-state index contributed by atoms with van der Waals surface area (Å²) in [4.78, 5) is 22.9. The average molecular weight is 819 g/mol. The monoisotopic (exact) mass is 819 g/mol. The molecule has 0 bridgehead atoms. The Bertz CT molecular complexity index is 868. The number of carbonyl (C=O) groups is 1. The Morgan fingerprint density at radius 3 is 1.18 bits per heavy atom. The summed E-state index contributed by atoms with van der Waals surface area (Å²) in [5, 5.41) is 0. The summed E-state index contributed by atoms with van der Waals surface area (Å²) < 4.78 is 35.1. The standard InChI is InChI=1S/C47H96NO7P/c1-6-8-10-12-14-16-18-20-22-23-24-25-26-27-28-30-32-34-36-38-40-47(49)55-46(45-54-56(50,51)53-43-41-48(3,4)5)44-52-42-39-37-35-33-31-29-21-19-17-15-13-11-9-7-2/h46H,6-45H2,1-5H3/p+1/t46-/m1/s1. The lowest BCUT2D eigenvalue weighted by Gasteiger charge is -2.24. The number of hydrogen-bond donors (Lipinski definition) is 1. The van der Waals surface area contributed by atoms with Gasteiger partial charge in [0.1, 0.15) is 19.3 Å². The SMILES string of the molecule is CCCCCCCCCCCCCCCCCCCCCCC(=O)O[C@H](COCCCCCCCCCCCCCCCC)COP(=O)(O)OCC[N+](C)(C)C. The van der Waals surface area contributed by atoms with Crippen molar-refractivity contribution in [3.8, 4) is 0 Å². The van der Waals surface area contributed by atoms with Gasteiger partial charge in [-0.25, -0.2) is 4.57 Å². The van der Waals surface area contributed by atoms with E-state index in [0.29, 0.717) is 24.1 Å². The Morgan fingerprint density at radius 2 is 0.821 bits per heavy atom. The fourth-order valence-electron chi connectivity index (χ4n) is 7.14. The van der Waals surface area contributed by atoms with Gasteiger partial charge in [-0.1, -0.05) is 219 Å². The van der Waals surface area contributed by atoms with Crippen LogP contribution in [-0.2, 0) is 27.9 Å². The minimum Gasteiger partial charge on any atom is -0.457 e. The molecular formula is C47H97NO7P+. The Balaban J connectivity index is 4.10. The molecule has 0 aromatic carbocycles. The number of rotatable bonds is 46. The fourth-order valence-corrected chi connectivity index (χ4v) is 7.89. The van der Waals surface area contributed by atoms with Gasteiger partial charge in [-0.15, -0.1) is 0 Å². The summed E-state index contributed by atoms with van der Waals surface area (Å²) in [5.74, 6) is -0.306. The van der Waals surface area contributed by atoms with Crippen molar-refractivity contribution in [2.24, 2.45) is 0 Å². The summed E-state index contributed by atoms with van der Waals surface area (Å²) in [6.45, 7) is 5.69. The Hall–Kier alpha value is -0.500. The zero-order chi connectivity index (χ0) is 41.3. The number of unbranched alkanes of at least 4 members (excludes halogenated alkanes) is 32. The highest BCUT2D eigenvalue weighted by molar-refractivity contribution is 7.47. The molecule has 0 amide bonds. The molecule has 0 radical (unpaired) electrons. The number of likely N-dealkylation sites (N-methyl/N-ethyl adjacent to an activating group) is 1. The molecule has 2 atom stereocenters. The minimum atomic E-state index is -4.27. The Labute approximate surface area is 348 Å². The van der Waals surface area contributed by atoms with Crippen LogP contribution in [0.3, 0.4) is 0 Å². The van der Waals surface area contributed by atoms with Gasteiger partial charge in [0.2, 0.25) is 0 Å². The molecule has 0 aliphatic rings. The van der Waals surface area contributed by atoms with E-state index in [1.807, 2.05) is 21.1 Å². The summed E-state index contributed by atoms with van der Waals surface area (Å²) in [7, 11) is 1.69. The van der Waals surface area contributed by atoms with Gasteiger partial charge < -0.3 is 18.9 Å². The summed E-state index contributed by atoms with van der Waals surface area (Å²) in [6, 6.07) is 0. The maximum Gasteiger partial charge on any atom is 0.472 e. The highest BCUT2D eigenvalue weighted by Crippen LogP contribution is 2.43. The molecule has 0 saturated carbocycles. The van der Waals surface area contributed by atoms with Crippen molar-refractivity contribution in [3.05, 3.63) is 0 Å². The van der Waals surface area contributed by atoms with Gasteiger partial charge in [-0.2, -0.15) is 0 Å². The molecule has 0 aliphatic carbocycles. The molecule has 0 heterocycles. The third-order valence-corrected chi connectivity index (χ3v) is 11.9. The maximum absolute atomic E-state index is 12.7. The van der Waals surface area contributed by atoms with E-state index in [9.17, 15) is 14.3 Å². The molecule has 0 fully saturated rings. The zero-order valence-electron chi connectivity index (χ0n) is 38.2. The van der Waals surface area contributed by atoms with Crippen LogP contribution in [0.2, 0.25) is 0 Å². The number of ether oxygens (including phenoxy) is 2. The normalized spacial score (nSPS) is 13.6. The highest BCUT2D eigenvalue weighted by Gasteiger charge is 2.26. The number of hydrogen-bond acceptors (Lipinski definition) is 6. The maximum atomic E-state index is 12.7. The third kappa shape index (κ3) is 44.6. The van der Waals surface area contributed by atoms with Crippen molar-refractivity contribution in [1.82, 2.24) is 0 Å². The molecule has 1 unspecified atom stereocenters. The molecule has 9 heteroatoms. The molecular weight excluding hydrogens is 721 g/mol. The molecule has 0 aliphatic heterocycles. The van der Waals surface area contributed by atoms with Gasteiger partial charge in [-0.3, -0.25) is 13.8 Å². The van der Waals surface area contributed by atoms with Crippen LogP contribution in [0.5, 0.6) is 0 Å². The van der Waals surface area contributed by atoms with Crippen LogP contribution in [0.15, 0.2) is 0 Å². The Kier molecular flexibility index (Phi) is 40.9. The lowest BCUT2D eigenvalue weighted by atomic mass is 10.0. The highest BCUT2D eigenvalue weighted by atomic mass is 31.2. The third-order valence-electron chi connectivity index (χ3n) is 10.9. The first-order valence-corrected chi connectivity index (χ1v) is 25.8. The van der Waals surface area contributed by atoms with Crippen LogP contribution in [0, 0.1) is 0 Å². The first-order chi connectivity index (χ1) is 27.1. The van der Waals surface area contributed by atoms with E-state index < -0.39 is 13.9 Å². The molecule has 0 spiro atoms. The number of quaternary nitrogens is 1. The fraction of sp³-hybridized carbons (Fsp3) is 0.979. The van der Waals surface area contributed by atoms with Gasteiger partial charge in [-0.05, 0) is 12.8 Å². The number of carbonyl (C=O) groups excluding carboxylic acids is 1. The smallest absolute Gasteiger partial charge is 0.457 e. The molecule has 56 heavy (non-hydrogen) atoms. The number of nitrogens with zero attached hydrogens (tertiary/aromatic N) is 1. The predicted molar refractivity (Wildman–Crippen MR) is 238 cm³/mol. The first kappa shape index (κ1) is 55.5. The van der Waals surface area contributed by atoms with Crippen LogP contribution in [0.1, 0.15) is 239 Å². The van der Waals surface area contributed by atoms with E-state index in [1.54, 1.807) is 0 Å². The second-order valence-electron chi connectivity index (χ2n) is 17.9. The molecule has 8 nitrogen and oxygen atoms in total. The van der Waals surface area contributed by atoms with Crippen molar-refractivity contribution in [2.75, 3.05) is 54.1 Å². The van der Waals surface area contributed by atoms with Gasteiger partial charge in [0.05, 0.1) is 34.4 Å². The van der Waals surface area contributed by atoms with Gasteiger partial charge in [0.15, 0.2) is 0 Å². The molecule has 0 aromatic heterocycles. The zero-order valence-corrected chi connectivity index (χ0v) is 39.0. The summed E-state index contributed by atoms with van der Waals surface area (Å²) in [5.41, 5.74) is 0. The average Bonchev–Trinajstić information content (AvgIpc) is 3.15. The van der Waals surface area contributed by atoms with E-state index in [-0.39, 0.29) is 25.8 Å². The molecule has 1 N–H and O–H groups in total. The van der Waals surface area contributed by atoms with E-state index in [2.05, 4.69) is 13.8 Å². The van der Waals surface area contributed by atoms with Crippen LogP contribution >= 0.6 is 7.82 Å². The number of esters is 1. The number of phosphoric ester groups is 1. The van der Waals surface area contributed by atoms with Gasteiger partial charge in [0.25, 0.3) is 0 Å². The van der Waals surface area contributed by atoms with Crippen LogP contribution in [0.25, 0.3) is 0 Å². The summed E-state index contributed by atoms with van der Waals surface area (Å²) >= 11 is 0. The first-order valence-electron chi connectivity index (χ1n) is 24.3. The largest absolute Gasteiger partial charge is 0.472 e. The lowest BCUT2D eigenvalue weighted by Crippen LogP contribution is -2.37. The second-order valence-corrected chi connectivity index (χ2v) is 19.3. The molecule has 0 saturated heterocycles. The van der Waals surface area contributed by atoms with E-state index in [4.69, 9.17) is 18.5 Å². The lowest BCUT2D eigenvalue weighted by molar-refractivity contribution is -0.870. The molecule has 336 valence electrons. The van der Waals surface area contributed by atoms with Crippen LogP contribution in [-0.4, -0.2) is 75.6 Å². The van der Waals surface area contributed by atoms with Crippen molar-refractivity contribution >= 4 is 13.8 Å². The van der Waals surface area contributed by atoms with Crippen molar-refractivity contribution in [2.45, 2.75) is 245 Å². The second kappa shape index (κ2) is 41.2. The molecule has 0 rings (SSSR count). The van der Waals surface area contributed by atoms with E-state index in [0.717, 1.165) is 32.1 Å². The van der Waals surface area contributed by atoms with Gasteiger partial charge in [0, 0.05) is 13.0 Å². The van der Waals surface area contributed by atoms with Crippen molar-refractivity contribution in [1.29, 1.82) is 0 Å². The van der Waals surface area contributed by atoms with Crippen molar-refractivity contribution in [3.63, 3.8) is 0 Å². The van der Waals surface area contributed by atoms with E-state index in [1.165, 1.54) is 186 Å². The Morgan fingerprint density at radius 1 is 0.482 bits per heavy atom. The molecule has 0 aromatic rings. The number of phosphoric acid groups is 1. The van der Waals surface area contributed by atoms with Crippen LogP contribution < -0.4 is 0 Å². The van der Waals surface area contributed by atoms with Gasteiger partial charge >= 0.3 is 13.8 Å².